The topological polar surface area (TPSA) is 107 Å². The van der Waals surface area contributed by atoms with Crippen molar-refractivity contribution in [3.05, 3.63) is 94.4 Å². The normalized spacial score (nSPS) is 12.0. The summed E-state index contributed by atoms with van der Waals surface area (Å²) < 4.78 is 7.54. The Morgan fingerprint density at radius 2 is 1.92 bits per heavy atom. The standard InChI is InChI=1S/C27H30Cl2N6O2/c1-17-6-9-21(10-7-17)35-24(15-23(34-35)27(3,4)5)33-26(36)31-16-19-14-20(29)8-11-22(19)37-25(12-13-30)32-18(2)28/h6-15H,2,16,30H2,1,3-5H3,(H2,31,33,36)/b13-12-,32-25?. The molecule has 1 heterocycles. The maximum absolute atomic E-state index is 12.9. The maximum Gasteiger partial charge on any atom is 0.320 e. The van der Waals surface area contributed by atoms with E-state index in [1.165, 1.54) is 12.3 Å². The fourth-order valence-electron chi connectivity index (χ4n) is 3.25. The zero-order valence-electron chi connectivity index (χ0n) is 21.2. The van der Waals surface area contributed by atoms with Gasteiger partial charge in [-0.1, -0.05) is 68.2 Å². The zero-order chi connectivity index (χ0) is 27.2. The molecule has 3 aromatic rings. The molecule has 0 atom stereocenters. The number of aliphatic imine (C=N–C) groups is 1. The Balaban J connectivity index is 1.81. The van der Waals surface area contributed by atoms with Crippen molar-refractivity contribution in [1.82, 2.24) is 15.1 Å². The molecule has 0 radical (unpaired) electrons. The van der Waals surface area contributed by atoms with E-state index in [4.69, 9.17) is 38.8 Å². The largest absolute Gasteiger partial charge is 0.439 e. The van der Waals surface area contributed by atoms with Gasteiger partial charge in [0.15, 0.2) is 0 Å². The van der Waals surface area contributed by atoms with Gasteiger partial charge in [-0.2, -0.15) is 5.10 Å². The van der Waals surface area contributed by atoms with Crippen LogP contribution in [0.1, 0.15) is 37.6 Å². The van der Waals surface area contributed by atoms with Gasteiger partial charge >= 0.3 is 6.03 Å². The second kappa shape index (κ2) is 12.0. The Morgan fingerprint density at radius 3 is 2.54 bits per heavy atom. The Bertz CT molecular complexity index is 1340. The molecule has 0 aliphatic heterocycles. The molecule has 0 fully saturated rings. The molecule has 1 aromatic heterocycles. The van der Waals surface area contributed by atoms with Gasteiger partial charge in [0.25, 0.3) is 0 Å². The fourth-order valence-corrected chi connectivity index (χ4v) is 3.53. The molecule has 2 aromatic carbocycles. The lowest BCUT2D eigenvalue weighted by atomic mass is 9.92. The van der Waals surface area contributed by atoms with Crippen LogP contribution in [0.2, 0.25) is 5.02 Å². The van der Waals surface area contributed by atoms with E-state index in [0.717, 1.165) is 16.9 Å². The number of benzene rings is 2. The molecule has 0 unspecified atom stereocenters. The SMILES string of the molecule is C=C(Cl)N=C(/C=C\N)Oc1ccc(Cl)cc1CNC(=O)Nc1cc(C(C)(C)C)nn1-c1ccc(C)cc1. The number of amides is 2. The number of nitrogens with zero attached hydrogens (tertiary/aromatic N) is 3. The highest BCUT2D eigenvalue weighted by atomic mass is 35.5. The minimum Gasteiger partial charge on any atom is -0.439 e. The zero-order valence-corrected chi connectivity index (χ0v) is 22.7. The number of nitrogens with one attached hydrogen (secondary N) is 2. The highest BCUT2D eigenvalue weighted by Gasteiger charge is 2.21. The third-order valence-electron chi connectivity index (χ3n) is 5.14. The molecule has 8 nitrogen and oxygen atoms in total. The molecule has 3 rings (SSSR count). The van der Waals surface area contributed by atoms with Crippen LogP contribution in [0.3, 0.4) is 0 Å². The number of ether oxygens (including phenoxy) is 1. The van der Waals surface area contributed by atoms with Crippen LogP contribution in [0.25, 0.3) is 5.69 Å². The van der Waals surface area contributed by atoms with Crippen molar-refractivity contribution in [1.29, 1.82) is 0 Å². The molecule has 4 N–H and O–H groups in total. The number of aromatic nitrogens is 2. The minimum atomic E-state index is -0.426. The first-order chi connectivity index (χ1) is 17.5. The van der Waals surface area contributed by atoms with Gasteiger partial charge in [-0.3, -0.25) is 5.32 Å². The Hall–Kier alpha value is -3.75. The number of carbonyl (C=O) groups is 1. The summed E-state index contributed by atoms with van der Waals surface area (Å²) >= 11 is 12.0. The molecule has 0 aliphatic rings. The van der Waals surface area contributed by atoms with E-state index in [1.54, 1.807) is 22.9 Å². The number of aryl methyl sites for hydroxylation is 1. The van der Waals surface area contributed by atoms with Crippen LogP contribution < -0.4 is 21.1 Å². The number of hydrogen-bond donors (Lipinski definition) is 3. The predicted molar refractivity (Wildman–Crippen MR) is 151 cm³/mol. The summed E-state index contributed by atoms with van der Waals surface area (Å²) in [5.41, 5.74) is 8.69. The molecule has 10 heteroatoms. The average Bonchev–Trinajstić information content (AvgIpc) is 3.23. The third-order valence-corrected chi connectivity index (χ3v) is 5.46. The van der Waals surface area contributed by atoms with Crippen LogP contribution in [0.15, 0.2) is 77.5 Å². The van der Waals surface area contributed by atoms with Crippen LogP contribution in [0, 0.1) is 6.92 Å². The number of hydrogen-bond acceptors (Lipinski definition) is 5. The van der Waals surface area contributed by atoms with E-state index in [2.05, 4.69) is 43.0 Å². The molecular formula is C27H30Cl2N6O2. The summed E-state index contributed by atoms with van der Waals surface area (Å²) in [6, 6.07) is 14.4. The Labute approximate surface area is 226 Å². The van der Waals surface area contributed by atoms with Crippen molar-refractivity contribution < 1.29 is 9.53 Å². The Morgan fingerprint density at radius 1 is 1.22 bits per heavy atom. The minimum absolute atomic E-state index is 0.0286. The first kappa shape index (κ1) is 27.8. The van der Waals surface area contributed by atoms with Gasteiger partial charge in [0.2, 0.25) is 5.90 Å². The Kier molecular flexibility index (Phi) is 9.02. The number of urea groups is 1. The molecule has 0 saturated heterocycles. The van der Waals surface area contributed by atoms with Gasteiger partial charge < -0.3 is 15.8 Å². The van der Waals surface area contributed by atoms with Gasteiger partial charge in [-0.05, 0) is 43.5 Å². The van der Waals surface area contributed by atoms with Crippen LogP contribution in [-0.4, -0.2) is 21.7 Å². The highest BCUT2D eigenvalue weighted by molar-refractivity contribution is 6.30. The van der Waals surface area contributed by atoms with Crippen molar-refractivity contribution in [2.24, 2.45) is 10.7 Å². The van der Waals surface area contributed by atoms with E-state index >= 15 is 0 Å². The van der Waals surface area contributed by atoms with Gasteiger partial charge in [-0.25, -0.2) is 14.5 Å². The van der Waals surface area contributed by atoms with Gasteiger partial charge in [0.05, 0.1) is 11.4 Å². The number of anilines is 1. The fraction of sp³-hybridized carbons (Fsp3) is 0.222. The number of halogens is 2. The second-order valence-electron chi connectivity index (χ2n) is 9.26. The van der Waals surface area contributed by atoms with E-state index < -0.39 is 6.03 Å². The summed E-state index contributed by atoms with van der Waals surface area (Å²) in [5.74, 6) is 1.09. The molecule has 0 saturated carbocycles. The van der Waals surface area contributed by atoms with Crippen molar-refractivity contribution in [3.8, 4) is 11.4 Å². The van der Waals surface area contributed by atoms with Gasteiger partial charge in [-0.15, -0.1) is 0 Å². The van der Waals surface area contributed by atoms with E-state index in [9.17, 15) is 4.79 Å². The van der Waals surface area contributed by atoms with Gasteiger partial charge in [0.1, 0.15) is 16.7 Å². The van der Waals surface area contributed by atoms with E-state index in [1.807, 2.05) is 37.3 Å². The van der Waals surface area contributed by atoms with Crippen molar-refractivity contribution in [2.45, 2.75) is 39.7 Å². The molecule has 194 valence electrons. The predicted octanol–water partition coefficient (Wildman–Crippen LogP) is 6.41. The summed E-state index contributed by atoms with van der Waals surface area (Å²) in [4.78, 5) is 16.9. The first-order valence-corrected chi connectivity index (χ1v) is 12.2. The average molecular weight is 541 g/mol. The van der Waals surface area contributed by atoms with Crippen molar-refractivity contribution >= 4 is 40.9 Å². The maximum atomic E-state index is 12.9. The van der Waals surface area contributed by atoms with E-state index in [0.29, 0.717) is 22.2 Å². The second-order valence-corrected chi connectivity index (χ2v) is 10.1. The van der Waals surface area contributed by atoms with E-state index in [-0.39, 0.29) is 23.0 Å². The van der Waals surface area contributed by atoms with Gasteiger partial charge in [0, 0.05) is 34.7 Å². The highest BCUT2D eigenvalue weighted by Crippen LogP contribution is 2.27. The smallest absolute Gasteiger partial charge is 0.320 e. The summed E-state index contributed by atoms with van der Waals surface area (Å²) in [5, 5.41) is 11.0. The lowest BCUT2D eigenvalue weighted by molar-refractivity contribution is 0.251. The molecular weight excluding hydrogens is 511 g/mol. The third kappa shape index (κ3) is 7.87. The summed E-state index contributed by atoms with van der Waals surface area (Å²) in [6.45, 7) is 11.9. The van der Waals surface area contributed by atoms with Crippen LogP contribution in [0.4, 0.5) is 10.6 Å². The summed E-state index contributed by atoms with van der Waals surface area (Å²) in [7, 11) is 0. The molecule has 2 amide bonds. The molecule has 37 heavy (non-hydrogen) atoms. The van der Waals surface area contributed by atoms with Crippen LogP contribution >= 0.6 is 23.2 Å². The van der Waals surface area contributed by atoms with Crippen LogP contribution in [0.5, 0.6) is 5.75 Å². The lowest BCUT2D eigenvalue weighted by Crippen LogP contribution is -2.29. The lowest BCUT2D eigenvalue weighted by Gasteiger charge is -2.14. The van der Waals surface area contributed by atoms with Crippen molar-refractivity contribution in [3.63, 3.8) is 0 Å². The monoisotopic (exact) mass is 540 g/mol. The van der Waals surface area contributed by atoms with Crippen molar-refractivity contribution in [2.75, 3.05) is 5.32 Å². The molecule has 0 bridgehead atoms. The number of rotatable bonds is 7. The number of nitrogens with two attached hydrogens (primary N) is 1. The van der Waals surface area contributed by atoms with Crippen LogP contribution in [-0.2, 0) is 12.0 Å². The molecule has 0 aliphatic carbocycles. The quantitative estimate of drug-likeness (QED) is 0.183. The summed E-state index contributed by atoms with van der Waals surface area (Å²) in [6.07, 6.45) is 2.70. The molecule has 0 spiro atoms. The first-order valence-electron chi connectivity index (χ1n) is 11.5. The number of carbonyl (C=O) groups excluding carboxylic acids is 1.